The summed E-state index contributed by atoms with van der Waals surface area (Å²) in [6.45, 7) is 5.32. The average Bonchev–Trinajstić information content (AvgIpc) is 2.90. The Bertz CT molecular complexity index is 1150. The van der Waals surface area contributed by atoms with E-state index in [2.05, 4.69) is 41.4 Å². The molecular weight excluding hydrogens is 481 g/mol. The van der Waals surface area contributed by atoms with Crippen molar-refractivity contribution in [2.75, 3.05) is 31.1 Å². The van der Waals surface area contributed by atoms with Crippen LogP contribution in [0.3, 0.4) is 0 Å². The first-order chi connectivity index (χ1) is 16.9. The molecule has 2 amide bonds. The van der Waals surface area contributed by atoms with Crippen molar-refractivity contribution in [1.29, 1.82) is 0 Å². The summed E-state index contributed by atoms with van der Waals surface area (Å²) >= 11 is 12.4. The van der Waals surface area contributed by atoms with Crippen LogP contribution in [0.5, 0.6) is 0 Å². The summed E-state index contributed by atoms with van der Waals surface area (Å²) in [5.74, 6) is -0.0687. The molecule has 1 aliphatic heterocycles. The number of anilines is 1. The summed E-state index contributed by atoms with van der Waals surface area (Å²) in [7, 11) is 0. The van der Waals surface area contributed by atoms with Crippen molar-refractivity contribution in [3.8, 4) is 0 Å². The van der Waals surface area contributed by atoms with Gasteiger partial charge in [0.1, 0.15) is 0 Å². The van der Waals surface area contributed by atoms with E-state index in [1.807, 2.05) is 29.2 Å². The van der Waals surface area contributed by atoms with Crippen LogP contribution >= 0.6 is 23.2 Å². The lowest BCUT2D eigenvalue weighted by Crippen LogP contribution is -2.49. The molecule has 4 rings (SSSR count). The van der Waals surface area contributed by atoms with Crippen molar-refractivity contribution in [1.82, 2.24) is 10.2 Å². The van der Waals surface area contributed by atoms with E-state index in [4.69, 9.17) is 23.2 Å². The molecule has 182 valence electrons. The number of rotatable bonds is 7. The largest absolute Gasteiger partial charge is 0.368 e. The molecule has 0 spiro atoms. The molecule has 0 unspecified atom stereocenters. The molecule has 5 nitrogen and oxygen atoms in total. The number of aryl methyl sites for hydroxylation is 1. The third-order valence-electron chi connectivity index (χ3n) is 6.40. The second-order valence-electron chi connectivity index (χ2n) is 8.64. The maximum absolute atomic E-state index is 12.8. The SMILES string of the molecule is CCc1ccc(CNC(=O)c2ccc(N3CCN(C(=O)Cc4c(Cl)cccc4Cl)CC3)cc2)cc1. The van der Waals surface area contributed by atoms with Crippen molar-refractivity contribution >= 4 is 40.7 Å². The molecule has 35 heavy (non-hydrogen) atoms. The lowest BCUT2D eigenvalue weighted by Gasteiger charge is -2.36. The molecule has 0 atom stereocenters. The molecular formula is C28H29Cl2N3O2. The normalized spacial score (nSPS) is 13.6. The molecule has 1 fully saturated rings. The number of halogens is 2. The Morgan fingerprint density at radius 3 is 2.03 bits per heavy atom. The first-order valence-electron chi connectivity index (χ1n) is 11.9. The highest BCUT2D eigenvalue weighted by Crippen LogP contribution is 2.25. The number of hydrogen-bond donors (Lipinski definition) is 1. The van der Waals surface area contributed by atoms with Crippen LogP contribution in [0.15, 0.2) is 66.7 Å². The third kappa shape index (κ3) is 6.36. The molecule has 0 aliphatic carbocycles. The van der Waals surface area contributed by atoms with E-state index in [9.17, 15) is 9.59 Å². The maximum Gasteiger partial charge on any atom is 0.251 e. The van der Waals surface area contributed by atoms with E-state index < -0.39 is 0 Å². The standard InChI is InChI=1S/C28H29Cl2N3O2/c1-2-20-6-8-21(9-7-20)19-31-28(35)22-10-12-23(13-11-22)32-14-16-33(17-15-32)27(34)18-24-25(29)4-3-5-26(24)30/h3-13H,2,14-19H2,1H3,(H,31,35). The van der Waals surface area contributed by atoms with Crippen molar-refractivity contribution in [3.63, 3.8) is 0 Å². The van der Waals surface area contributed by atoms with Gasteiger partial charge in [0.25, 0.3) is 5.91 Å². The van der Waals surface area contributed by atoms with Gasteiger partial charge in [-0.05, 0) is 59.5 Å². The summed E-state index contributed by atoms with van der Waals surface area (Å²) < 4.78 is 0. The fourth-order valence-electron chi connectivity index (χ4n) is 4.18. The van der Waals surface area contributed by atoms with Crippen molar-refractivity contribution < 1.29 is 9.59 Å². The number of carbonyl (C=O) groups is 2. The van der Waals surface area contributed by atoms with Crippen LogP contribution in [0, 0.1) is 0 Å². The quantitative estimate of drug-likeness (QED) is 0.465. The lowest BCUT2D eigenvalue weighted by molar-refractivity contribution is -0.130. The average molecular weight is 510 g/mol. The van der Waals surface area contributed by atoms with Crippen LogP contribution in [0.2, 0.25) is 10.0 Å². The first kappa shape index (κ1) is 25.1. The van der Waals surface area contributed by atoms with Gasteiger partial charge in [0.2, 0.25) is 5.91 Å². The third-order valence-corrected chi connectivity index (χ3v) is 7.11. The molecule has 1 N–H and O–H groups in total. The molecule has 0 saturated carbocycles. The van der Waals surface area contributed by atoms with Gasteiger partial charge in [-0.3, -0.25) is 9.59 Å². The lowest BCUT2D eigenvalue weighted by atomic mass is 10.1. The van der Waals surface area contributed by atoms with Gasteiger partial charge in [-0.25, -0.2) is 0 Å². The molecule has 3 aromatic rings. The van der Waals surface area contributed by atoms with Crippen molar-refractivity contribution in [2.24, 2.45) is 0 Å². The van der Waals surface area contributed by atoms with E-state index >= 15 is 0 Å². The molecule has 1 heterocycles. The predicted molar refractivity (Wildman–Crippen MR) is 142 cm³/mol. The van der Waals surface area contributed by atoms with Gasteiger partial charge >= 0.3 is 0 Å². The highest BCUT2D eigenvalue weighted by molar-refractivity contribution is 6.36. The van der Waals surface area contributed by atoms with Gasteiger partial charge in [0.15, 0.2) is 0 Å². The summed E-state index contributed by atoms with van der Waals surface area (Å²) in [5, 5.41) is 4.02. The predicted octanol–water partition coefficient (Wildman–Crippen LogP) is 5.38. The van der Waals surface area contributed by atoms with Crippen molar-refractivity contribution in [2.45, 2.75) is 26.3 Å². The molecule has 3 aromatic carbocycles. The zero-order valence-corrected chi connectivity index (χ0v) is 21.3. The van der Waals surface area contributed by atoms with Crippen LogP contribution in [-0.4, -0.2) is 42.9 Å². The van der Waals surface area contributed by atoms with Gasteiger partial charge in [-0.2, -0.15) is 0 Å². The summed E-state index contributed by atoms with van der Waals surface area (Å²) in [4.78, 5) is 29.4. The van der Waals surface area contributed by atoms with Gasteiger partial charge in [0, 0.05) is 54.0 Å². The van der Waals surface area contributed by atoms with E-state index in [1.54, 1.807) is 18.2 Å². The number of benzene rings is 3. The summed E-state index contributed by atoms with van der Waals surface area (Å²) in [6, 6.07) is 21.2. The zero-order chi connectivity index (χ0) is 24.8. The van der Waals surface area contributed by atoms with Crippen LogP contribution in [0.25, 0.3) is 0 Å². The minimum Gasteiger partial charge on any atom is -0.368 e. The Balaban J connectivity index is 1.27. The smallest absolute Gasteiger partial charge is 0.251 e. The maximum atomic E-state index is 12.8. The first-order valence-corrected chi connectivity index (χ1v) is 12.6. The van der Waals surface area contributed by atoms with Crippen LogP contribution in [0.1, 0.15) is 34.0 Å². The summed E-state index contributed by atoms with van der Waals surface area (Å²) in [6.07, 6.45) is 1.20. The molecule has 0 aromatic heterocycles. The molecule has 1 aliphatic rings. The number of piperazine rings is 1. The van der Waals surface area contributed by atoms with E-state index in [0.717, 1.165) is 30.8 Å². The topological polar surface area (TPSA) is 52.7 Å². The van der Waals surface area contributed by atoms with E-state index in [1.165, 1.54) is 5.56 Å². The number of carbonyl (C=O) groups excluding carboxylic acids is 2. The number of nitrogens with one attached hydrogen (secondary N) is 1. The van der Waals surface area contributed by atoms with Crippen LogP contribution < -0.4 is 10.2 Å². The molecule has 0 radical (unpaired) electrons. The zero-order valence-electron chi connectivity index (χ0n) is 19.8. The molecule has 1 saturated heterocycles. The molecule has 7 heteroatoms. The molecule has 0 bridgehead atoms. The Kier molecular flexibility index (Phi) is 8.32. The Morgan fingerprint density at radius 2 is 1.43 bits per heavy atom. The number of nitrogens with zero attached hydrogens (tertiary/aromatic N) is 2. The van der Waals surface area contributed by atoms with E-state index in [-0.39, 0.29) is 18.2 Å². The number of hydrogen-bond acceptors (Lipinski definition) is 3. The number of amides is 2. The van der Waals surface area contributed by atoms with Crippen LogP contribution in [-0.2, 0) is 24.2 Å². The Labute approximate surface area is 216 Å². The van der Waals surface area contributed by atoms with Crippen molar-refractivity contribution in [3.05, 3.63) is 99.0 Å². The van der Waals surface area contributed by atoms with Gasteiger partial charge < -0.3 is 15.1 Å². The van der Waals surface area contributed by atoms with Gasteiger partial charge in [0.05, 0.1) is 6.42 Å². The van der Waals surface area contributed by atoms with Gasteiger partial charge in [-0.15, -0.1) is 0 Å². The minimum atomic E-state index is -0.0928. The highest BCUT2D eigenvalue weighted by Gasteiger charge is 2.23. The fourth-order valence-corrected chi connectivity index (χ4v) is 4.71. The van der Waals surface area contributed by atoms with Crippen LogP contribution in [0.4, 0.5) is 5.69 Å². The monoisotopic (exact) mass is 509 g/mol. The Morgan fingerprint density at radius 1 is 0.829 bits per heavy atom. The summed E-state index contributed by atoms with van der Waals surface area (Å²) in [5.41, 5.74) is 4.71. The minimum absolute atomic E-state index is 0.0241. The van der Waals surface area contributed by atoms with E-state index in [0.29, 0.717) is 40.8 Å². The Hall–Kier alpha value is -3.02. The highest BCUT2D eigenvalue weighted by atomic mass is 35.5. The second kappa shape index (κ2) is 11.6. The second-order valence-corrected chi connectivity index (χ2v) is 9.46. The van der Waals surface area contributed by atoms with Gasteiger partial charge in [-0.1, -0.05) is 60.5 Å². The fraction of sp³-hybridized carbons (Fsp3) is 0.286.